The molecular formula is C9H22N2O. The molecular weight excluding hydrogens is 152 g/mol. The van der Waals surface area contributed by atoms with E-state index in [1.54, 1.807) is 7.11 Å². The van der Waals surface area contributed by atoms with Gasteiger partial charge in [0.05, 0.1) is 0 Å². The van der Waals surface area contributed by atoms with Gasteiger partial charge >= 0.3 is 0 Å². The molecule has 0 amide bonds. The van der Waals surface area contributed by atoms with Gasteiger partial charge in [0.2, 0.25) is 0 Å². The minimum atomic E-state index is 0.567. The highest BCUT2D eigenvalue weighted by atomic mass is 16.5. The van der Waals surface area contributed by atoms with Crippen LogP contribution in [0, 0.1) is 0 Å². The molecule has 74 valence electrons. The van der Waals surface area contributed by atoms with Gasteiger partial charge in [-0.25, -0.2) is 0 Å². The molecule has 12 heavy (non-hydrogen) atoms. The van der Waals surface area contributed by atoms with Crippen molar-refractivity contribution in [3.05, 3.63) is 0 Å². The van der Waals surface area contributed by atoms with Gasteiger partial charge < -0.3 is 15.0 Å². The number of hydrogen-bond donors (Lipinski definition) is 1. The lowest BCUT2D eigenvalue weighted by Gasteiger charge is -2.17. The number of hydrogen-bond acceptors (Lipinski definition) is 3. The highest BCUT2D eigenvalue weighted by Crippen LogP contribution is 1.85. The van der Waals surface area contributed by atoms with E-state index in [-0.39, 0.29) is 0 Å². The van der Waals surface area contributed by atoms with Crippen LogP contribution in [0.1, 0.15) is 13.3 Å². The summed E-state index contributed by atoms with van der Waals surface area (Å²) in [6, 6.07) is 0.567. The molecule has 0 bridgehead atoms. The molecule has 1 N–H and O–H groups in total. The van der Waals surface area contributed by atoms with Crippen molar-refractivity contribution < 1.29 is 4.74 Å². The second kappa shape index (κ2) is 7.53. The predicted molar refractivity (Wildman–Crippen MR) is 52.5 cm³/mol. The zero-order valence-corrected chi connectivity index (χ0v) is 8.76. The van der Waals surface area contributed by atoms with Gasteiger partial charge in [0.25, 0.3) is 0 Å². The third-order valence-corrected chi connectivity index (χ3v) is 1.66. The van der Waals surface area contributed by atoms with Gasteiger partial charge in [0.15, 0.2) is 0 Å². The molecule has 0 aliphatic rings. The molecule has 0 radical (unpaired) electrons. The summed E-state index contributed by atoms with van der Waals surface area (Å²) in [5.74, 6) is 0. The summed E-state index contributed by atoms with van der Waals surface area (Å²) in [6.07, 6.45) is 1.09. The monoisotopic (exact) mass is 174 g/mol. The van der Waals surface area contributed by atoms with Crippen LogP contribution in [0.2, 0.25) is 0 Å². The van der Waals surface area contributed by atoms with Gasteiger partial charge in [0, 0.05) is 26.3 Å². The smallest absolute Gasteiger partial charge is 0.0474 e. The third-order valence-electron chi connectivity index (χ3n) is 1.66. The highest BCUT2D eigenvalue weighted by Gasteiger charge is 2.00. The molecule has 0 aliphatic carbocycles. The van der Waals surface area contributed by atoms with Gasteiger partial charge in [-0.1, -0.05) is 0 Å². The third kappa shape index (κ3) is 7.98. The van der Waals surface area contributed by atoms with E-state index in [9.17, 15) is 0 Å². The normalized spacial score (nSPS) is 13.8. The topological polar surface area (TPSA) is 24.5 Å². The van der Waals surface area contributed by atoms with E-state index in [2.05, 4.69) is 31.2 Å². The summed E-state index contributed by atoms with van der Waals surface area (Å²) in [4.78, 5) is 2.19. The van der Waals surface area contributed by atoms with Gasteiger partial charge in [0.1, 0.15) is 0 Å². The first-order chi connectivity index (χ1) is 5.66. The predicted octanol–water partition coefficient (Wildman–Crippen LogP) is 0.563. The number of nitrogens with zero attached hydrogens (tertiary/aromatic N) is 1. The van der Waals surface area contributed by atoms with Gasteiger partial charge in [-0.15, -0.1) is 0 Å². The molecule has 0 heterocycles. The standard InChI is InChI=1S/C9H22N2O/c1-9(8-11(2)3)10-6-5-7-12-4/h9-10H,5-8H2,1-4H3. The summed E-state index contributed by atoms with van der Waals surface area (Å²) in [7, 11) is 5.92. The molecule has 0 spiro atoms. The van der Waals surface area contributed by atoms with Crippen LogP contribution in [0.15, 0.2) is 0 Å². The Kier molecular flexibility index (Phi) is 7.45. The lowest BCUT2D eigenvalue weighted by atomic mass is 10.3. The summed E-state index contributed by atoms with van der Waals surface area (Å²) < 4.78 is 4.95. The lowest BCUT2D eigenvalue weighted by Crippen LogP contribution is -2.36. The van der Waals surface area contributed by atoms with Gasteiger partial charge in [-0.2, -0.15) is 0 Å². The van der Waals surface area contributed by atoms with Crippen molar-refractivity contribution in [1.82, 2.24) is 10.2 Å². The van der Waals surface area contributed by atoms with Gasteiger partial charge in [-0.05, 0) is 34.0 Å². The molecule has 0 aromatic rings. The first-order valence-corrected chi connectivity index (χ1v) is 4.54. The van der Waals surface area contributed by atoms with E-state index in [0.717, 1.165) is 26.1 Å². The Balaban J connectivity index is 3.14. The Hall–Kier alpha value is -0.120. The molecule has 0 saturated heterocycles. The van der Waals surface area contributed by atoms with Crippen LogP contribution in [0.25, 0.3) is 0 Å². The average molecular weight is 174 g/mol. The van der Waals surface area contributed by atoms with Crippen molar-refractivity contribution in [2.75, 3.05) is 40.9 Å². The SMILES string of the molecule is COCCCNC(C)CN(C)C. The Morgan fingerprint density at radius 3 is 2.58 bits per heavy atom. The number of methoxy groups -OCH3 is 1. The molecule has 1 atom stereocenters. The van der Waals surface area contributed by atoms with E-state index in [0.29, 0.717) is 6.04 Å². The van der Waals surface area contributed by atoms with Crippen LogP contribution in [0.5, 0.6) is 0 Å². The van der Waals surface area contributed by atoms with Crippen molar-refractivity contribution in [3.63, 3.8) is 0 Å². The number of nitrogens with one attached hydrogen (secondary N) is 1. The minimum absolute atomic E-state index is 0.567. The van der Waals surface area contributed by atoms with Crippen molar-refractivity contribution >= 4 is 0 Å². The zero-order chi connectivity index (χ0) is 9.40. The lowest BCUT2D eigenvalue weighted by molar-refractivity contribution is 0.192. The van der Waals surface area contributed by atoms with Crippen molar-refractivity contribution in [3.8, 4) is 0 Å². The second-order valence-corrected chi connectivity index (χ2v) is 3.46. The molecule has 3 nitrogen and oxygen atoms in total. The van der Waals surface area contributed by atoms with E-state index in [1.165, 1.54) is 0 Å². The Labute approximate surface area is 76.1 Å². The van der Waals surface area contributed by atoms with E-state index >= 15 is 0 Å². The molecule has 0 aliphatic heterocycles. The van der Waals surface area contributed by atoms with Crippen LogP contribution in [0.3, 0.4) is 0 Å². The van der Waals surface area contributed by atoms with Crippen molar-refractivity contribution in [1.29, 1.82) is 0 Å². The maximum absolute atomic E-state index is 4.95. The van der Waals surface area contributed by atoms with Crippen LogP contribution >= 0.6 is 0 Å². The molecule has 0 fully saturated rings. The quantitative estimate of drug-likeness (QED) is 0.571. The Bertz CT molecular complexity index is 96.5. The maximum Gasteiger partial charge on any atom is 0.0474 e. The summed E-state index contributed by atoms with van der Waals surface area (Å²) in [5, 5.41) is 3.43. The van der Waals surface area contributed by atoms with Crippen LogP contribution in [-0.4, -0.2) is 51.8 Å². The van der Waals surface area contributed by atoms with E-state index in [1.807, 2.05) is 0 Å². The average Bonchev–Trinajstić information content (AvgIpc) is 1.97. The fraction of sp³-hybridized carbons (Fsp3) is 1.00. The number of ether oxygens (including phenoxy) is 1. The van der Waals surface area contributed by atoms with Crippen LogP contribution < -0.4 is 5.32 Å². The Morgan fingerprint density at radius 1 is 1.42 bits per heavy atom. The molecule has 0 saturated carbocycles. The van der Waals surface area contributed by atoms with E-state index in [4.69, 9.17) is 4.74 Å². The molecule has 3 heteroatoms. The summed E-state index contributed by atoms with van der Waals surface area (Å²) >= 11 is 0. The zero-order valence-electron chi connectivity index (χ0n) is 8.76. The highest BCUT2D eigenvalue weighted by molar-refractivity contribution is 4.62. The minimum Gasteiger partial charge on any atom is -0.385 e. The first kappa shape index (κ1) is 11.9. The number of rotatable bonds is 7. The fourth-order valence-corrected chi connectivity index (χ4v) is 1.18. The van der Waals surface area contributed by atoms with Crippen LogP contribution in [-0.2, 0) is 4.74 Å². The fourth-order valence-electron chi connectivity index (χ4n) is 1.18. The van der Waals surface area contributed by atoms with Gasteiger partial charge in [-0.3, -0.25) is 0 Å². The first-order valence-electron chi connectivity index (χ1n) is 4.54. The maximum atomic E-state index is 4.95. The Morgan fingerprint density at radius 2 is 2.08 bits per heavy atom. The number of likely N-dealkylation sites (N-methyl/N-ethyl adjacent to an activating group) is 1. The van der Waals surface area contributed by atoms with Crippen molar-refractivity contribution in [2.45, 2.75) is 19.4 Å². The summed E-state index contributed by atoms with van der Waals surface area (Å²) in [6.45, 7) is 5.18. The largest absolute Gasteiger partial charge is 0.385 e. The molecule has 0 aromatic heterocycles. The van der Waals surface area contributed by atoms with Crippen LogP contribution in [0.4, 0.5) is 0 Å². The van der Waals surface area contributed by atoms with Crippen molar-refractivity contribution in [2.24, 2.45) is 0 Å². The molecule has 0 rings (SSSR count). The molecule has 0 aromatic carbocycles. The van der Waals surface area contributed by atoms with E-state index < -0.39 is 0 Å². The molecule has 1 unspecified atom stereocenters. The second-order valence-electron chi connectivity index (χ2n) is 3.46. The summed E-state index contributed by atoms with van der Waals surface area (Å²) in [5.41, 5.74) is 0.